The van der Waals surface area contributed by atoms with E-state index < -0.39 is 0 Å². The summed E-state index contributed by atoms with van der Waals surface area (Å²) >= 11 is 1.68. The second kappa shape index (κ2) is 3.14. The molecular formula is C12H10N2S. The van der Waals surface area contributed by atoms with Gasteiger partial charge in [-0.1, -0.05) is 18.2 Å². The van der Waals surface area contributed by atoms with E-state index in [9.17, 15) is 0 Å². The highest BCUT2D eigenvalue weighted by atomic mass is 32.1. The van der Waals surface area contributed by atoms with Gasteiger partial charge in [0.2, 0.25) is 0 Å². The highest BCUT2D eigenvalue weighted by Gasteiger charge is 2.08. The van der Waals surface area contributed by atoms with Gasteiger partial charge in [0.15, 0.2) is 0 Å². The first kappa shape index (κ1) is 8.56. The monoisotopic (exact) mass is 214 g/mol. The van der Waals surface area contributed by atoms with E-state index in [0.29, 0.717) is 0 Å². The molecule has 74 valence electrons. The molecule has 15 heavy (non-hydrogen) atoms. The molecule has 3 heteroatoms. The Balaban J connectivity index is 2.32. The first-order valence-electron chi connectivity index (χ1n) is 4.76. The Morgan fingerprint density at radius 3 is 2.80 bits per heavy atom. The summed E-state index contributed by atoms with van der Waals surface area (Å²) in [7, 11) is 0. The molecule has 2 nitrogen and oxygen atoms in total. The molecule has 0 aliphatic heterocycles. The van der Waals surface area contributed by atoms with Crippen molar-refractivity contribution in [1.82, 2.24) is 4.98 Å². The number of aromatic amines is 1. The van der Waals surface area contributed by atoms with Crippen LogP contribution in [0.2, 0.25) is 0 Å². The number of nitrogens with one attached hydrogen (secondary N) is 1. The molecule has 0 aliphatic carbocycles. The van der Waals surface area contributed by atoms with Crippen molar-refractivity contribution in [2.24, 2.45) is 0 Å². The number of thiophene rings is 1. The molecule has 3 rings (SSSR count). The van der Waals surface area contributed by atoms with Gasteiger partial charge in [-0.05, 0) is 17.5 Å². The van der Waals surface area contributed by atoms with Crippen molar-refractivity contribution >= 4 is 27.9 Å². The van der Waals surface area contributed by atoms with Crippen molar-refractivity contribution in [3.8, 4) is 10.4 Å². The molecular weight excluding hydrogens is 204 g/mol. The lowest BCUT2D eigenvalue weighted by molar-refractivity contribution is 1.48. The van der Waals surface area contributed by atoms with Crippen LogP contribution in [-0.2, 0) is 0 Å². The number of nitrogens with two attached hydrogens (primary N) is 1. The number of anilines is 1. The second-order valence-electron chi connectivity index (χ2n) is 3.45. The van der Waals surface area contributed by atoms with Crippen LogP contribution >= 0.6 is 11.3 Å². The van der Waals surface area contributed by atoms with Gasteiger partial charge in [0, 0.05) is 22.7 Å². The first-order chi connectivity index (χ1) is 7.36. The summed E-state index contributed by atoms with van der Waals surface area (Å²) in [6, 6.07) is 10.2. The van der Waals surface area contributed by atoms with Crippen LogP contribution in [0.15, 0.2) is 41.9 Å². The predicted molar refractivity (Wildman–Crippen MR) is 66.0 cm³/mol. The van der Waals surface area contributed by atoms with Crippen LogP contribution in [-0.4, -0.2) is 4.98 Å². The van der Waals surface area contributed by atoms with E-state index in [1.54, 1.807) is 11.3 Å². The molecule has 0 saturated carbocycles. The van der Waals surface area contributed by atoms with Crippen molar-refractivity contribution in [3.05, 3.63) is 41.9 Å². The molecule has 0 spiro atoms. The molecule has 2 heterocycles. The van der Waals surface area contributed by atoms with Gasteiger partial charge >= 0.3 is 0 Å². The Kier molecular flexibility index (Phi) is 1.79. The molecule has 0 bridgehead atoms. The summed E-state index contributed by atoms with van der Waals surface area (Å²) in [5.41, 5.74) is 9.12. The lowest BCUT2D eigenvalue weighted by Crippen LogP contribution is -1.82. The number of rotatable bonds is 1. The normalized spacial score (nSPS) is 10.9. The van der Waals surface area contributed by atoms with Crippen LogP contribution < -0.4 is 5.73 Å². The number of para-hydroxylation sites is 1. The quantitative estimate of drug-likeness (QED) is 0.639. The van der Waals surface area contributed by atoms with Gasteiger partial charge < -0.3 is 10.7 Å². The highest BCUT2D eigenvalue weighted by molar-refractivity contribution is 7.14. The van der Waals surface area contributed by atoms with Crippen molar-refractivity contribution in [2.45, 2.75) is 0 Å². The summed E-state index contributed by atoms with van der Waals surface area (Å²) in [5, 5.41) is 3.25. The van der Waals surface area contributed by atoms with Crippen LogP contribution in [0.25, 0.3) is 21.3 Å². The third kappa shape index (κ3) is 1.24. The largest absolute Gasteiger partial charge is 0.398 e. The molecule has 3 N–H and O–H groups in total. The van der Waals surface area contributed by atoms with E-state index in [1.807, 2.05) is 29.8 Å². The molecule has 0 fully saturated rings. The maximum absolute atomic E-state index is 5.92. The fourth-order valence-corrected chi connectivity index (χ4v) is 2.65. The van der Waals surface area contributed by atoms with Crippen molar-refractivity contribution in [1.29, 1.82) is 0 Å². The lowest BCUT2D eigenvalue weighted by Gasteiger charge is -1.96. The number of benzene rings is 1. The summed E-state index contributed by atoms with van der Waals surface area (Å²) in [4.78, 5) is 4.40. The van der Waals surface area contributed by atoms with Gasteiger partial charge in [0.05, 0.1) is 10.6 Å². The minimum Gasteiger partial charge on any atom is -0.398 e. The molecule has 0 amide bonds. The zero-order chi connectivity index (χ0) is 10.3. The molecule has 0 radical (unpaired) electrons. The predicted octanol–water partition coefficient (Wildman–Crippen LogP) is 3.48. The Labute approximate surface area is 91.4 Å². The number of nitrogen functional groups attached to an aromatic ring is 1. The standard InChI is InChI=1S/C12H10N2S/c13-10-5-6-15-12(10)9-7-14-11-4-2-1-3-8(9)11/h1-7,14H,13H2. The Bertz CT molecular complexity index is 607. The molecule has 2 aromatic heterocycles. The number of fused-ring (bicyclic) bond motifs is 1. The summed E-state index contributed by atoms with van der Waals surface area (Å²) in [6.45, 7) is 0. The fraction of sp³-hybridized carbons (Fsp3) is 0. The Hall–Kier alpha value is -1.74. The minimum absolute atomic E-state index is 0.852. The first-order valence-corrected chi connectivity index (χ1v) is 5.63. The van der Waals surface area contributed by atoms with Gasteiger partial charge in [-0.15, -0.1) is 11.3 Å². The van der Waals surface area contributed by atoms with Crippen molar-refractivity contribution in [3.63, 3.8) is 0 Å². The van der Waals surface area contributed by atoms with E-state index in [-0.39, 0.29) is 0 Å². The maximum Gasteiger partial charge on any atom is 0.0593 e. The smallest absolute Gasteiger partial charge is 0.0593 e. The molecule has 0 aliphatic rings. The van der Waals surface area contributed by atoms with Crippen LogP contribution in [0, 0.1) is 0 Å². The van der Waals surface area contributed by atoms with Crippen molar-refractivity contribution < 1.29 is 0 Å². The van der Waals surface area contributed by atoms with Gasteiger partial charge in [-0.3, -0.25) is 0 Å². The van der Waals surface area contributed by atoms with Gasteiger partial charge in [-0.2, -0.15) is 0 Å². The highest BCUT2D eigenvalue weighted by Crippen LogP contribution is 2.36. The van der Waals surface area contributed by atoms with Gasteiger partial charge in [-0.25, -0.2) is 0 Å². The Morgan fingerprint density at radius 2 is 2.00 bits per heavy atom. The summed E-state index contributed by atoms with van der Waals surface area (Å²) < 4.78 is 0. The number of hydrogen-bond acceptors (Lipinski definition) is 2. The lowest BCUT2D eigenvalue weighted by atomic mass is 10.1. The maximum atomic E-state index is 5.92. The topological polar surface area (TPSA) is 41.8 Å². The van der Waals surface area contributed by atoms with E-state index in [0.717, 1.165) is 16.1 Å². The van der Waals surface area contributed by atoms with Crippen LogP contribution in [0.4, 0.5) is 5.69 Å². The number of H-pyrrole nitrogens is 1. The molecule has 0 unspecified atom stereocenters. The van der Waals surface area contributed by atoms with Gasteiger partial charge in [0.1, 0.15) is 0 Å². The molecule has 3 aromatic rings. The van der Waals surface area contributed by atoms with Gasteiger partial charge in [0.25, 0.3) is 0 Å². The van der Waals surface area contributed by atoms with Crippen LogP contribution in [0.5, 0.6) is 0 Å². The van der Waals surface area contributed by atoms with E-state index >= 15 is 0 Å². The van der Waals surface area contributed by atoms with Crippen LogP contribution in [0.3, 0.4) is 0 Å². The SMILES string of the molecule is Nc1ccsc1-c1c[nH]c2ccccc12. The zero-order valence-corrected chi connectivity index (χ0v) is 8.84. The molecule has 0 saturated heterocycles. The zero-order valence-electron chi connectivity index (χ0n) is 8.03. The fourth-order valence-electron chi connectivity index (χ4n) is 1.80. The average Bonchev–Trinajstić information content (AvgIpc) is 2.83. The van der Waals surface area contributed by atoms with Crippen LogP contribution in [0.1, 0.15) is 0 Å². The summed E-state index contributed by atoms with van der Waals surface area (Å²) in [6.07, 6.45) is 2.02. The third-order valence-corrected chi connectivity index (χ3v) is 3.49. The Morgan fingerprint density at radius 1 is 1.13 bits per heavy atom. The summed E-state index contributed by atoms with van der Waals surface area (Å²) in [5.74, 6) is 0. The minimum atomic E-state index is 0.852. The number of hydrogen-bond donors (Lipinski definition) is 2. The average molecular weight is 214 g/mol. The second-order valence-corrected chi connectivity index (χ2v) is 4.37. The van der Waals surface area contributed by atoms with E-state index in [1.165, 1.54) is 10.9 Å². The molecule has 0 atom stereocenters. The number of aromatic nitrogens is 1. The molecule has 1 aromatic carbocycles. The third-order valence-electron chi connectivity index (χ3n) is 2.53. The van der Waals surface area contributed by atoms with E-state index in [2.05, 4.69) is 17.1 Å². The van der Waals surface area contributed by atoms with Crippen molar-refractivity contribution in [2.75, 3.05) is 5.73 Å². The van der Waals surface area contributed by atoms with E-state index in [4.69, 9.17) is 5.73 Å².